The van der Waals surface area contributed by atoms with Crippen LogP contribution in [0.5, 0.6) is 0 Å². The van der Waals surface area contributed by atoms with Crippen LogP contribution < -0.4 is 11.1 Å². The SMILES string of the molecule is C=C1N[C@](C)(c2cc(N)ccc2F)CN(C)S(=O)(=O)C1(C)C. The van der Waals surface area contributed by atoms with Gasteiger partial charge in [0.05, 0.1) is 5.54 Å². The Kier molecular flexibility index (Phi) is 3.78. The number of anilines is 1. The molecule has 1 fully saturated rings. The predicted molar refractivity (Wildman–Crippen MR) is 86.1 cm³/mol. The van der Waals surface area contributed by atoms with Crippen molar-refractivity contribution >= 4 is 15.7 Å². The molecule has 0 amide bonds. The van der Waals surface area contributed by atoms with Gasteiger partial charge < -0.3 is 11.1 Å². The number of nitrogens with one attached hydrogen (secondary N) is 1. The minimum absolute atomic E-state index is 0.0676. The maximum Gasteiger partial charge on any atom is 0.224 e. The van der Waals surface area contributed by atoms with Gasteiger partial charge in [-0.1, -0.05) is 6.58 Å². The molecule has 0 aliphatic carbocycles. The molecular formula is C15H22FN3O2S. The van der Waals surface area contributed by atoms with Crippen LogP contribution in [-0.4, -0.2) is 31.1 Å². The normalized spacial score (nSPS) is 28.0. The van der Waals surface area contributed by atoms with Gasteiger partial charge in [0.2, 0.25) is 10.0 Å². The molecule has 1 heterocycles. The van der Waals surface area contributed by atoms with E-state index in [1.807, 2.05) is 0 Å². The van der Waals surface area contributed by atoms with Crippen LogP contribution in [0.2, 0.25) is 0 Å². The summed E-state index contributed by atoms with van der Waals surface area (Å²) in [7, 11) is -2.12. The van der Waals surface area contributed by atoms with Crippen molar-refractivity contribution in [2.75, 3.05) is 19.3 Å². The standard InChI is InChI=1S/C15H22FN3O2S/c1-10-14(2,3)22(20,21)19(5)9-15(4,18-10)12-8-11(17)6-7-13(12)16/h6-8,18H,1,9,17H2,2-5H3/t15-/m0/s1. The van der Waals surface area contributed by atoms with E-state index in [9.17, 15) is 12.8 Å². The summed E-state index contributed by atoms with van der Waals surface area (Å²) in [6.45, 7) is 8.82. The Morgan fingerprint density at radius 3 is 2.55 bits per heavy atom. The van der Waals surface area contributed by atoms with Gasteiger partial charge in [-0.25, -0.2) is 17.1 Å². The van der Waals surface area contributed by atoms with E-state index in [-0.39, 0.29) is 6.54 Å². The minimum Gasteiger partial charge on any atom is -0.399 e. The molecule has 0 saturated carbocycles. The zero-order valence-electron chi connectivity index (χ0n) is 13.3. The van der Waals surface area contributed by atoms with Crippen molar-refractivity contribution < 1.29 is 12.8 Å². The summed E-state index contributed by atoms with van der Waals surface area (Å²) in [6.07, 6.45) is 0. The van der Waals surface area contributed by atoms with Crippen LogP contribution in [0.4, 0.5) is 10.1 Å². The molecule has 1 aliphatic rings. The van der Waals surface area contributed by atoms with Crippen molar-refractivity contribution in [1.29, 1.82) is 0 Å². The number of nitrogen functional groups attached to an aromatic ring is 1. The Balaban J connectivity index is 2.62. The number of benzene rings is 1. The highest BCUT2D eigenvalue weighted by Crippen LogP contribution is 2.36. The molecule has 0 spiro atoms. The molecule has 1 aliphatic heterocycles. The molecule has 1 saturated heterocycles. The highest BCUT2D eigenvalue weighted by atomic mass is 32.2. The first-order valence-electron chi connectivity index (χ1n) is 6.91. The Labute approximate surface area is 131 Å². The summed E-state index contributed by atoms with van der Waals surface area (Å²) in [4.78, 5) is 0. The van der Waals surface area contributed by atoms with Crippen molar-refractivity contribution in [3.8, 4) is 0 Å². The molecule has 1 aromatic carbocycles. The number of hydrogen-bond donors (Lipinski definition) is 2. The highest BCUT2D eigenvalue weighted by Gasteiger charge is 2.48. The minimum atomic E-state index is -3.61. The lowest BCUT2D eigenvalue weighted by Gasteiger charge is -2.33. The molecule has 7 heteroatoms. The second kappa shape index (κ2) is 4.96. The monoisotopic (exact) mass is 327 g/mol. The molecule has 0 bridgehead atoms. The fraction of sp³-hybridized carbons (Fsp3) is 0.467. The van der Waals surface area contributed by atoms with Crippen molar-refractivity contribution in [2.24, 2.45) is 0 Å². The number of sulfonamides is 1. The van der Waals surface area contributed by atoms with Gasteiger partial charge in [0, 0.05) is 30.5 Å². The summed E-state index contributed by atoms with van der Waals surface area (Å²) >= 11 is 0. The summed E-state index contributed by atoms with van der Waals surface area (Å²) in [6, 6.07) is 4.28. The number of nitrogens with zero attached hydrogens (tertiary/aromatic N) is 1. The smallest absolute Gasteiger partial charge is 0.224 e. The lowest BCUT2D eigenvalue weighted by molar-refractivity contribution is 0.316. The van der Waals surface area contributed by atoms with E-state index in [4.69, 9.17) is 5.73 Å². The maximum atomic E-state index is 14.3. The third kappa shape index (κ3) is 2.38. The molecule has 1 atom stereocenters. The zero-order chi connectivity index (χ0) is 16.9. The average Bonchev–Trinajstić information content (AvgIpc) is 2.43. The van der Waals surface area contributed by atoms with Gasteiger partial charge in [-0.15, -0.1) is 0 Å². The van der Waals surface area contributed by atoms with Gasteiger partial charge in [-0.05, 0) is 39.0 Å². The topological polar surface area (TPSA) is 75.4 Å². The third-order valence-corrected chi connectivity index (χ3v) is 6.82. The number of hydrogen-bond acceptors (Lipinski definition) is 4. The van der Waals surface area contributed by atoms with Crippen LogP contribution in [0, 0.1) is 5.82 Å². The highest BCUT2D eigenvalue weighted by molar-refractivity contribution is 7.90. The maximum absolute atomic E-state index is 14.3. The van der Waals surface area contributed by atoms with E-state index in [0.717, 1.165) is 0 Å². The summed E-state index contributed by atoms with van der Waals surface area (Å²) in [5.74, 6) is -0.442. The van der Waals surface area contributed by atoms with Gasteiger partial charge in [-0.2, -0.15) is 0 Å². The van der Waals surface area contributed by atoms with Crippen LogP contribution >= 0.6 is 0 Å². The molecule has 22 heavy (non-hydrogen) atoms. The Morgan fingerprint density at radius 2 is 1.95 bits per heavy atom. The second-order valence-electron chi connectivity index (χ2n) is 6.45. The predicted octanol–water partition coefficient (Wildman–Crippen LogP) is 1.78. The van der Waals surface area contributed by atoms with E-state index in [1.165, 1.54) is 29.6 Å². The summed E-state index contributed by atoms with van der Waals surface area (Å²) in [5, 5.41) is 3.11. The van der Waals surface area contributed by atoms with Crippen molar-refractivity contribution in [2.45, 2.75) is 31.1 Å². The van der Waals surface area contributed by atoms with Crippen LogP contribution in [0.15, 0.2) is 30.5 Å². The summed E-state index contributed by atoms with van der Waals surface area (Å²) < 4.78 is 39.6. The van der Waals surface area contributed by atoms with Crippen LogP contribution in [-0.2, 0) is 15.6 Å². The van der Waals surface area contributed by atoms with Gasteiger partial charge >= 0.3 is 0 Å². The number of rotatable bonds is 1. The molecule has 2 rings (SSSR count). The first-order valence-corrected chi connectivity index (χ1v) is 8.35. The van der Waals surface area contributed by atoms with Crippen LogP contribution in [0.1, 0.15) is 26.3 Å². The molecular weight excluding hydrogens is 305 g/mol. The largest absolute Gasteiger partial charge is 0.399 e. The number of nitrogens with two attached hydrogens (primary N) is 1. The molecule has 122 valence electrons. The Hall–Kier alpha value is -1.60. The van der Waals surface area contributed by atoms with Crippen LogP contribution in [0.25, 0.3) is 0 Å². The lowest BCUT2D eigenvalue weighted by Crippen LogP contribution is -2.46. The van der Waals surface area contributed by atoms with Gasteiger partial charge in [0.15, 0.2) is 0 Å². The fourth-order valence-corrected chi connectivity index (χ4v) is 4.29. The first kappa shape index (κ1) is 16.8. The molecule has 0 unspecified atom stereocenters. The molecule has 5 nitrogen and oxygen atoms in total. The third-order valence-electron chi connectivity index (χ3n) is 4.33. The molecule has 0 radical (unpaired) electrons. The Morgan fingerprint density at radius 1 is 1.36 bits per heavy atom. The van der Waals surface area contributed by atoms with Gasteiger partial charge in [-0.3, -0.25) is 0 Å². The number of likely N-dealkylation sites (N-methyl/N-ethyl adjacent to an activating group) is 1. The quantitative estimate of drug-likeness (QED) is 0.771. The van der Waals surface area contributed by atoms with E-state index < -0.39 is 26.1 Å². The lowest BCUT2D eigenvalue weighted by atomic mass is 9.89. The Bertz CT molecular complexity index is 730. The zero-order valence-corrected chi connectivity index (χ0v) is 14.1. The van der Waals surface area contributed by atoms with E-state index in [2.05, 4.69) is 11.9 Å². The summed E-state index contributed by atoms with van der Waals surface area (Å²) in [5.41, 5.74) is 5.84. The van der Waals surface area contributed by atoms with E-state index in [0.29, 0.717) is 16.9 Å². The second-order valence-corrected chi connectivity index (χ2v) is 9.04. The van der Waals surface area contributed by atoms with Crippen molar-refractivity contribution in [3.05, 3.63) is 41.9 Å². The van der Waals surface area contributed by atoms with Crippen LogP contribution in [0.3, 0.4) is 0 Å². The fourth-order valence-electron chi connectivity index (χ4n) is 2.72. The van der Waals surface area contributed by atoms with Gasteiger partial charge in [0.25, 0.3) is 0 Å². The van der Waals surface area contributed by atoms with Crippen molar-refractivity contribution in [1.82, 2.24) is 9.62 Å². The average molecular weight is 327 g/mol. The molecule has 0 aromatic heterocycles. The van der Waals surface area contributed by atoms with Crippen molar-refractivity contribution in [3.63, 3.8) is 0 Å². The molecule has 1 aromatic rings. The van der Waals surface area contributed by atoms with Gasteiger partial charge in [0.1, 0.15) is 10.6 Å². The number of halogens is 1. The van der Waals surface area contributed by atoms with E-state index >= 15 is 0 Å². The van der Waals surface area contributed by atoms with E-state index in [1.54, 1.807) is 20.8 Å². The molecule has 3 N–H and O–H groups in total. The first-order chi connectivity index (χ1) is 9.92.